The fraction of sp³-hybridized carbons (Fsp3) is 0.240. The molecule has 0 atom stereocenters. The maximum absolute atomic E-state index is 13.0. The molecular formula is C25H25N5O5S2. The molecule has 192 valence electrons. The number of amides is 1. The van der Waals surface area contributed by atoms with Gasteiger partial charge in [0.25, 0.3) is 5.91 Å². The van der Waals surface area contributed by atoms with E-state index in [1.54, 1.807) is 24.6 Å². The highest BCUT2D eigenvalue weighted by atomic mass is 32.2. The molecule has 0 spiro atoms. The number of carbonyl (C=O) groups is 1. The van der Waals surface area contributed by atoms with Crippen LogP contribution in [-0.2, 0) is 10.0 Å². The van der Waals surface area contributed by atoms with E-state index < -0.39 is 10.0 Å². The summed E-state index contributed by atoms with van der Waals surface area (Å²) >= 11 is 1.39. The molecule has 2 aromatic carbocycles. The van der Waals surface area contributed by atoms with Crippen molar-refractivity contribution in [2.75, 3.05) is 25.2 Å². The Morgan fingerprint density at radius 3 is 2.54 bits per heavy atom. The maximum atomic E-state index is 13.0. The van der Waals surface area contributed by atoms with Gasteiger partial charge in [0, 0.05) is 35.7 Å². The van der Waals surface area contributed by atoms with E-state index in [2.05, 4.69) is 10.4 Å². The summed E-state index contributed by atoms with van der Waals surface area (Å²) in [5.74, 6) is 1.44. The second-order valence-corrected chi connectivity index (χ2v) is 11.0. The highest BCUT2D eigenvalue weighted by Crippen LogP contribution is 2.36. The minimum atomic E-state index is -3.60. The molecule has 0 saturated carbocycles. The number of sulfonamides is 1. The van der Waals surface area contributed by atoms with Gasteiger partial charge in [-0.2, -0.15) is 14.1 Å². The van der Waals surface area contributed by atoms with Crippen LogP contribution in [-0.4, -0.2) is 53.3 Å². The second kappa shape index (κ2) is 9.96. The van der Waals surface area contributed by atoms with E-state index in [4.69, 9.17) is 14.5 Å². The van der Waals surface area contributed by atoms with E-state index in [-0.39, 0.29) is 17.6 Å². The van der Waals surface area contributed by atoms with Crippen LogP contribution in [0.5, 0.6) is 11.5 Å². The lowest BCUT2D eigenvalue weighted by molar-refractivity contribution is 0.102. The van der Waals surface area contributed by atoms with Crippen LogP contribution >= 0.6 is 11.3 Å². The van der Waals surface area contributed by atoms with Gasteiger partial charge in [-0.3, -0.25) is 4.79 Å². The maximum Gasteiger partial charge on any atom is 0.256 e. The summed E-state index contributed by atoms with van der Waals surface area (Å²) in [5.41, 5.74) is 2.65. The molecule has 4 aromatic rings. The van der Waals surface area contributed by atoms with Crippen LogP contribution in [0.1, 0.15) is 29.9 Å². The summed E-state index contributed by atoms with van der Waals surface area (Å²) in [6.45, 7) is 6.34. The van der Waals surface area contributed by atoms with Crippen molar-refractivity contribution in [3.05, 3.63) is 65.2 Å². The van der Waals surface area contributed by atoms with Crippen LogP contribution in [0.2, 0.25) is 0 Å². The molecule has 12 heteroatoms. The van der Waals surface area contributed by atoms with Crippen molar-refractivity contribution >= 4 is 33.1 Å². The second-order valence-electron chi connectivity index (χ2n) is 8.23. The summed E-state index contributed by atoms with van der Waals surface area (Å²) in [4.78, 5) is 17.8. The molecule has 5 rings (SSSR count). The first-order valence-electron chi connectivity index (χ1n) is 11.6. The number of rotatable bonds is 8. The Bertz CT molecular complexity index is 1560. The molecule has 10 nitrogen and oxygen atoms in total. The van der Waals surface area contributed by atoms with Crippen molar-refractivity contribution in [2.24, 2.45) is 0 Å². The summed E-state index contributed by atoms with van der Waals surface area (Å²) in [7, 11) is -3.60. The monoisotopic (exact) mass is 539 g/mol. The molecule has 0 unspecified atom stereocenters. The minimum Gasteiger partial charge on any atom is -0.454 e. The number of ether oxygens (including phenoxy) is 2. The largest absolute Gasteiger partial charge is 0.454 e. The van der Waals surface area contributed by atoms with E-state index in [1.165, 1.54) is 39.9 Å². The predicted molar refractivity (Wildman–Crippen MR) is 140 cm³/mol. The minimum absolute atomic E-state index is 0.146. The fourth-order valence-corrected chi connectivity index (χ4v) is 6.22. The Labute approximate surface area is 218 Å². The molecule has 0 bridgehead atoms. The third-order valence-electron chi connectivity index (χ3n) is 5.87. The lowest BCUT2D eigenvalue weighted by atomic mass is 10.1. The number of carbonyl (C=O) groups excluding carboxylic acids is 1. The van der Waals surface area contributed by atoms with Crippen LogP contribution in [0.3, 0.4) is 0 Å². The zero-order chi connectivity index (χ0) is 26.2. The molecule has 1 aliphatic heterocycles. The molecular weight excluding hydrogens is 514 g/mol. The van der Waals surface area contributed by atoms with Gasteiger partial charge in [-0.05, 0) is 49.4 Å². The number of aryl methyl sites for hydroxylation is 1. The zero-order valence-electron chi connectivity index (χ0n) is 20.5. The third-order valence-corrected chi connectivity index (χ3v) is 8.75. The highest BCUT2D eigenvalue weighted by Gasteiger charge is 2.22. The van der Waals surface area contributed by atoms with Crippen molar-refractivity contribution in [1.29, 1.82) is 0 Å². The van der Waals surface area contributed by atoms with E-state index >= 15 is 0 Å². The first kappa shape index (κ1) is 24.9. The number of nitrogens with one attached hydrogen (secondary N) is 1. The zero-order valence-corrected chi connectivity index (χ0v) is 22.1. The van der Waals surface area contributed by atoms with Crippen molar-refractivity contribution in [3.63, 3.8) is 0 Å². The number of benzene rings is 2. The number of aromatic nitrogens is 3. The van der Waals surface area contributed by atoms with Crippen LogP contribution in [0.25, 0.3) is 16.4 Å². The first-order valence-corrected chi connectivity index (χ1v) is 14.0. The van der Waals surface area contributed by atoms with E-state index in [0.29, 0.717) is 46.8 Å². The van der Waals surface area contributed by atoms with Crippen molar-refractivity contribution in [3.8, 4) is 27.9 Å². The quantitative estimate of drug-likeness (QED) is 0.355. The van der Waals surface area contributed by atoms with Gasteiger partial charge >= 0.3 is 0 Å². The van der Waals surface area contributed by atoms with E-state index in [1.807, 2.05) is 30.5 Å². The van der Waals surface area contributed by atoms with Crippen LogP contribution < -0.4 is 14.8 Å². The van der Waals surface area contributed by atoms with Gasteiger partial charge in [-0.15, -0.1) is 11.3 Å². The summed E-state index contributed by atoms with van der Waals surface area (Å²) < 4.78 is 39.2. The fourth-order valence-electron chi connectivity index (χ4n) is 3.96. The van der Waals surface area contributed by atoms with Crippen LogP contribution in [0.15, 0.2) is 58.8 Å². The molecule has 0 aliphatic carbocycles. The molecule has 37 heavy (non-hydrogen) atoms. The van der Waals surface area contributed by atoms with Crippen molar-refractivity contribution < 1.29 is 22.7 Å². The Hall–Kier alpha value is -3.74. The van der Waals surface area contributed by atoms with Crippen LogP contribution in [0.4, 0.5) is 5.82 Å². The average molecular weight is 540 g/mol. The van der Waals surface area contributed by atoms with Crippen molar-refractivity contribution in [2.45, 2.75) is 25.7 Å². The predicted octanol–water partition coefficient (Wildman–Crippen LogP) is 4.32. The van der Waals surface area contributed by atoms with Gasteiger partial charge in [0.05, 0.1) is 16.3 Å². The number of thiazole rings is 1. The lowest BCUT2D eigenvalue weighted by Gasteiger charge is -2.18. The lowest BCUT2D eigenvalue weighted by Crippen LogP contribution is -2.30. The molecule has 1 aliphatic rings. The van der Waals surface area contributed by atoms with Gasteiger partial charge in [-0.25, -0.2) is 13.4 Å². The smallest absolute Gasteiger partial charge is 0.256 e. The van der Waals surface area contributed by atoms with Gasteiger partial charge in [0.15, 0.2) is 11.5 Å². The summed E-state index contributed by atoms with van der Waals surface area (Å²) in [6.07, 6.45) is 0. The Balaban J connectivity index is 1.36. The first-order chi connectivity index (χ1) is 17.8. The Morgan fingerprint density at radius 2 is 1.81 bits per heavy atom. The van der Waals surface area contributed by atoms with Gasteiger partial charge in [-0.1, -0.05) is 13.8 Å². The van der Waals surface area contributed by atoms with Crippen molar-refractivity contribution in [1.82, 2.24) is 19.1 Å². The Morgan fingerprint density at radius 1 is 1.08 bits per heavy atom. The number of fused-ring (bicyclic) bond motifs is 1. The number of hydrogen-bond donors (Lipinski definition) is 1. The molecule has 0 radical (unpaired) electrons. The van der Waals surface area contributed by atoms with Crippen LogP contribution in [0, 0.1) is 6.92 Å². The van der Waals surface area contributed by atoms with Gasteiger partial charge in [0.2, 0.25) is 21.9 Å². The summed E-state index contributed by atoms with van der Waals surface area (Å²) in [6, 6.07) is 13.3. The summed E-state index contributed by atoms with van der Waals surface area (Å²) in [5, 5.41) is 9.85. The Kier molecular flexibility index (Phi) is 6.71. The topological polar surface area (TPSA) is 116 Å². The van der Waals surface area contributed by atoms with E-state index in [0.717, 1.165) is 11.3 Å². The van der Waals surface area contributed by atoms with Gasteiger partial charge in [0.1, 0.15) is 5.82 Å². The number of hydrogen-bond acceptors (Lipinski definition) is 8. The average Bonchev–Trinajstić information content (AvgIpc) is 3.64. The normalized spacial score (nSPS) is 12.8. The molecule has 2 aromatic heterocycles. The SMILES string of the molecule is CCN(CC)S(=O)(=O)c1ccc(C(=O)Nc2cc(C)nn2-c2nc(-c3ccc4c(c3)OCO4)cs2)cc1. The molecule has 1 amide bonds. The molecule has 0 fully saturated rings. The molecule has 3 heterocycles. The van der Waals surface area contributed by atoms with E-state index in [9.17, 15) is 13.2 Å². The van der Waals surface area contributed by atoms with Gasteiger partial charge < -0.3 is 14.8 Å². The standard InChI is InChI=1S/C25H25N5O5S2/c1-4-29(5-2)37(32,33)19-9-6-17(7-10-19)24(31)27-23-12-16(3)28-30(23)25-26-20(14-36-25)18-8-11-21-22(13-18)35-15-34-21/h6-14H,4-5,15H2,1-3H3,(H,27,31). The molecule has 0 saturated heterocycles. The third kappa shape index (κ3) is 4.82. The number of nitrogens with zero attached hydrogens (tertiary/aromatic N) is 4. The molecule has 1 N–H and O–H groups in total. The number of anilines is 1. The highest BCUT2D eigenvalue weighted by molar-refractivity contribution is 7.89.